The number of nitrogens with zero attached hydrogens (tertiary/aromatic N) is 3. The van der Waals surface area contributed by atoms with E-state index in [-0.39, 0.29) is 0 Å². The molecule has 0 aliphatic heterocycles. The highest BCUT2D eigenvalue weighted by atomic mass is 15.2. The molecule has 0 saturated carbocycles. The fourth-order valence-corrected chi connectivity index (χ4v) is 2.74. The third-order valence-electron chi connectivity index (χ3n) is 4.65. The van der Waals surface area contributed by atoms with Crippen molar-refractivity contribution in [3.63, 3.8) is 0 Å². The van der Waals surface area contributed by atoms with Gasteiger partial charge < -0.3 is 10.6 Å². The Morgan fingerprint density at radius 2 is 1.92 bits per heavy atom. The second kappa shape index (κ2) is 10.6. The summed E-state index contributed by atoms with van der Waals surface area (Å²) in [5.74, 6) is 0.813. The van der Waals surface area contributed by atoms with Gasteiger partial charge in [-0.15, -0.1) is 0 Å². The van der Waals surface area contributed by atoms with Crippen molar-refractivity contribution in [2.24, 2.45) is 4.99 Å². The van der Waals surface area contributed by atoms with Crippen LogP contribution in [0.1, 0.15) is 30.2 Å². The maximum atomic E-state index is 4.40. The van der Waals surface area contributed by atoms with Gasteiger partial charge in [0, 0.05) is 32.4 Å². The minimum atomic E-state index is 0.485. The predicted molar refractivity (Wildman–Crippen MR) is 109 cm³/mol. The molecule has 0 spiro atoms. The number of aromatic nitrogens is 1. The molecule has 1 heterocycles. The molecule has 26 heavy (non-hydrogen) atoms. The summed E-state index contributed by atoms with van der Waals surface area (Å²) in [5, 5.41) is 6.73. The normalized spacial score (nSPS) is 12.9. The number of aliphatic imine (C=N–C) groups is 1. The van der Waals surface area contributed by atoms with Gasteiger partial charge in [0.25, 0.3) is 0 Å². The topological polar surface area (TPSA) is 52.6 Å². The monoisotopic (exact) mass is 353 g/mol. The zero-order valence-corrected chi connectivity index (χ0v) is 16.4. The summed E-state index contributed by atoms with van der Waals surface area (Å²) < 4.78 is 0. The molecule has 5 nitrogen and oxygen atoms in total. The van der Waals surface area contributed by atoms with E-state index >= 15 is 0 Å². The molecule has 5 heteroatoms. The van der Waals surface area contributed by atoms with Gasteiger partial charge in [0.2, 0.25) is 0 Å². The Hall–Kier alpha value is -2.40. The Morgan fingerprint density at radius 1 is 1.15 bits per heavy atom. The number of rotatable bonds is 8. The van der Waals surface area contributed by atoms with Gasteiger partial charge in [-0.05, 0) is 44.5 Å². The van der Waals surface area contributed by atoms with Gasteiger partial charge in [0.15, 0.2) is 5.96 Å². The molecule has 0 amide bonds. The molecule has 0 fully saturated rings. The van der Waals surface area contributed by atoms with E-state index in [4.69, 9.17) is 0 Å². The minimum absolute atomic E-state index is 0.485. The molecule has 1 aromatic heterocycles. The molecule has 1 atom stereocenters. The van der Waals surface area contributed by atoms with E-state index in [1.165, 1.54) is 11.1 Å². The highest BCUT2D eigenvalue weighted by Gasteiger charge is 2.10. The molecule has 140 valence electrons. The molecule has 1 unspecified atom stereocenters. The molecule has 0 aliphatic carbocycles. The molecular weight excluding hydrogens is 322 g/mol. The molecule has 2 rings (SSSR count). The largest absolute Gasteiger partial charge is 0.356 e. The first-order chi connectivity index (χ1) is 12.6. The number of benzene rings is 1. The number of aryl methyl sites for hydroxylation is 1. The van der Waals surface area contributed by atoms with E-state index < -0.39 is 0 Å². The average molecular weight is 354 g/mol. The van der Waals surface area contributed by atoms with Crippen molar-refractivity contribution < 1.29 is 0 Å². The number of hydrogen-bond acceptors (Lipinski definition) is 3. The van der Waals surface area contributed by atoms with Gasteiger partial charge in [-0.1, -0.05) is 36.4 Å². The van der Waals surface area contributed by atoms with Crippen LogP contribution < -0.4 is 10.6 Å². The van der Waals surface area contributed by atoms with E-state index in [1.54, 1.807) is 7.05 Å². The molecule has 2 aromatic rings. The standard InChI is InChI=1S/C21H31N5/c1-17-9-8-13-23-20(17)15-25-21(22-3)24-14-12-18(2)26(4)16-19-10-6-5-7-11-19/h5-11,13,18H,12,14-16H2,1-4H3,(H2,22,24,25). The van der Waals surface area contributed by atoms with Crippen molar-refractivity contribution >= 4 is 5.96 Å². The van der Waals surface area contributed by atoms with E-state index in [9.17, 15) is 0 Å². The summed E-state index contributed by atoms with van der Waals surface area (Å²) in [7, 11) is 3.97. The first-order valence-corrected chi connectivity index (χ1v) is 9.19. The maximum Gasteiger partial charge on any atom is 0.191 e. The molecule has 0 saturated heterocycles. The van der Waals surface area contributed by atoms with Crippen LogP contribution in [0.5, 0.6) is 0 Å². The summed E-state index contributed by atoms with van der Waals surface area (Å²) in [5.41, 5.74) is 3.58. The number of pyridine rings is 1. The van der Waals surface area contributed by atoms with Crippen LogP contribution >= 0.6 is 0 Å². The Bertz CT molecular complexity index is 684. The fourth-order valence-electron chi connectivity index (χ4n) is 2.74. The summed E-state index contributed by atoms with van der Waals surface area (Å²) in [4.78, 5) is 11.1. The second-order valence-electron chi connectivity index (χ2n) is 6.66. The van der Waals surface area contributed by atoms with Crippen molar-refractivity contribution in [1.82, 2.24) is 20.5 Å². The average Bonchev–Trinajstić information content (AvgIpc) is 2.66. The lowest BCUT2D eigenvalue weighted by atomic mass is 10.1. The molecular formula is C21H31N5. The number of hydrogen-bond donors (Lipinski definition) is 2. The van der Waals surface area contributed by atoms with Gasteiger partial charge >= 0.3 is 0 Å². The SMILES string of the molecule is CN=C(NCCC(C)N(C)Cc1ccccc1)NCc1ncccc1C. The minimum Gasteiger partial charge on any atom is -0.356 e. The Morgan fingerprint density at radius 3 is 2.62 bits per heavy atom. The van der Waals surface area contributed by atoms with Crippen LogP contribution in [0.15, 0.2) is 53.7 Å². The van der Waals surface area contributed by atoms with Crippen LogP contribution in [-0.2, 0) is 13.1 Å². The molecule has 2 N–H and O–H groups in total. The predicted octanol–water partition coefficient (Wildman–Crippen LogP) is 2.97. The highest BCUT2D eigenvalue weighted by Crippen LogP contribution is 2.08. The van der Waals surface area contributed by atoms with Gasteiger partial charge in [0.05, 0.1) is 12.2 Å². The van der Waals surface area contributed by atoms with Crippen LogP contribution in [0, 0.1) is 6.92 Å². The van der Waals surface area contributed by atoms with Gasteiger partial charge in [-0.2, -0.15) is 0 Å². The number of guanidine groups is 1. The van der Waals surface area contributed by atoms with Crippen molar-refractivity contribution in [3.8, 4) is 0 Å². The zero-order valence-electron chi connectivity index (χ0n) is 16.4. The Balaban J connectivity index is 1.72. The second-order valence-corrected chi connectivity index (χ2v) is 6.66. The maximum absolute atomic E-state index is 4.40. The third-order valence-corrected chi connectivity index (χ3v) is 4.65. The molecule has 1 aromatic carbocycles. The fraction of sp³-hybridized carbons (Fsp3) is 0.429. The summed E-state index contributed by atoms with van der Waals surface area (Å²) >= 11 is 0. The van der Waals surface area contributed by atoms with E-state index in [0.717, 1.165) is 31.2 Å². The smallest absolute Gasteiger partial charge is 0.191 e. The summed E-state index contributed by atoms with van der Waals surface area (Å²) in [6.45, 7) is 6.85. The van der Waals surface area contributed by atoms with Crippen LogP contribution in [0.2, 0.25) is 0 Å². The third kappa shape index (κ3) is 6.48. The van der Waals surface area contributed by atoms with Crippen molar-refractivity contribution in [1.29, 1.82) is 0 Å². The van der Waals surface area contributed by atoms with Crippen LogP contribution in [0.25, 0.3) is 0 Å². The Labute approximate surface area is 157 Å². The van der Waals surface area contributed by atoms with E-state index in [1.807, 2.05) is 12.3 Å². The van der Waals surface area contributed by atoms with E-state index in [0.29, 0.717) is 12.6 Å². The number of nitrogens with one attached hydrogen (secondary N) is 2. The van der Waals surface area contributed by atoms with E-state index in [2.05, 4.69) is 82.8 Å². The highest BCUT2D eigenvalue weighted by molar-refractivity contribution is 5.79. The molecule has 0 bridgehead atoms. The molecule has 0 aliphatic rings. The van der Waals surface area contributed by atoms with Gasteiger partial charge in [-0.3, -0.25) is 14.9 Å². The van der Waals surface area contributed by atoms with Crippen LogP contribution in [0.4, 0.5) is 0 Å². The van der Waals surface area contributed by atoms with Crippen molar-refractivity contribution in [3.05, 3.63) is 65.5 Å². The first-order valence-electron chi connectivity index (χ1n) is 9.19. The van der Waals surface area contributed by atoms with Gasteiger partial charge in [0.1, 0.15) is 0 Å². The summed E-state index contributed by atoms with van der Waals surface area (Å²) in [6.07, 6.45) is 2.87. The van der Waals surface area contributed by atoms with Crippen molar-refractivity contribution in [2.75, 3.05) is 20.6 Å². The lowest BCUT2D eigenvalue weighted by molar-refractivity contribution is 0.238. The zero-order chi connectivity index (χ0) is 18.8. The van der Waals surface area contributed by atoms with Crippen LogP contribution in [0.3, 0.4) is 0 Å². The Kier molecular flexibility index (Phi) is 8.09. The first kappa shape index (κ1) is 19.9. The lowest BCUT2D eigenvalue weighted by Gasteiger charge is -2.25. The lowest BCUT2D eigenvalue weighted by Crippen LogP contribution is -2.39. The quantitative estimate of drug-likeness (QED) is 0.566. The van der Waals surface area contributed by atoms with Crippen LogP contribution in [-0.4, -0.2) is 42.5 Å². The summed E-state index contributed by atoms with van der Waals surface area (Å²) in [6, 6.07) is 15.1. The molecule has 0 radical (unpaired) electrons. The van der Waals surface area contributed by atoms with Crippen molar-refractivity contribution in [2.45, 2.75) is 39.4 Å². The van der Waals surface area contributed by atoms with Gasteiger partial charge in [-0.25, -0.2) is 0 Å².